The third-order valence-corrected chi connectivity index (χ3v) is 2.85. The lowest BCUT2D eigenvalue weighted by Gasteiger charge is -2.13. The number of rotatable bonds is 2. The Kier molecular flexibility index (Phi) is 3.41. The second-order valence-corrected chi connectivity index (χ2v) is 4.35. The van der Waals surface area contributed by atoms with Crippen LogP contribution in [0.15, 0.2) is 36.7 Å². The lowest BCUT2D eigenvalue weighted by molar-refractivity contribution is 0.626. The Hall–Kier alpha value is -1.45. The number of aryl methyl sites for hydroxylation is 1. The maximum absolute atomic E-state index is 13.0. The molecular weight excluding hydrogens is 239 g/mol. The number of aromatic nitrogens is 1. The van der Waals surface area contributed by atoms with Gasteiger partial charge in [0.2, 0.25) is 0 Å². The molecule has 1 unspecified atom stereocenters. The first kappa shape index (κ1) is 12.0. The van der Waals surface area contributed by atoms with E-state index in [-0.39, 0.29) is 11.1 Å². The molecule has 2 nitrogen and oxygen atoms in total. The molecule has 2 rings (SSSR count). The number of pyridine rings is 1. The van der Waals surface area contributed by atoms with Crippen LogP contribution in [0.2, 0.25) is 5.02 Å². The van der Waals surface area contributed by atoms with Gasteiger partial charge in [-0.05, 0) is 35.7 Å². The number of hydrogen-bond donors (Lipinski definition) is 1. The number of nitrogens with zero attached hydrogens (tertiary/aromatic N) is 1. The summed E-state index contributed by atoms with van der Waals surface area (Å²) in [6.45, 7) is 1.95. The van der Waals surface area contributed by atoms with E-state index in [1.807, 2.05) is 13.0 Å². The Balaban J connectivity index is 2.36. The largest absolute Gasteiger partial charge is 0.320 e. The normalized spacial score (nSPS) is 12.5. The van der Waals surface area contributed by atoms with Crippen molar-refractivity contribution < 1.29 is 4.39 Å². The van der Waals surface area contributed by atoms with Crippen LogP contribution in [0.5, 0.6) is 0 Å². The van der Waals surface area contributed by atoms with Gasteiger partial charge in [0.25, 0.3) is 0 Å². The summed E-state index contributed by atoms with van der Waals surface area (Å²) in [7, 11) is 0. The van der Waals surface area contributed by atoms with Gasteiger partial charge in [0.15, 0.2) is 0 Å². The zero-order valence-electron chi connectivity index (χ0n) is 9.32. The highest BCUT2D eigenvalue weighted by Crippen LogP contribution is 2.24. The number of hydrogen-bond acceptors (Lipinski definition) is 2. The standard InChI is InChI=1S/C13H12ClFN2/c1-8-4-10(7-17-6-8)13(16)9-2-3-12(15)11(14)5-9/h2-7,13H,16H2,1H3. The monoisotopic (exact) mass is 250 g/mol. The highest BCUT2D eigenvalue weighted by atomic mass is 35.5. The van der Waals surface area contributed by atoms with Gasteiger partial charge in [-0.25, -0.2) is 4.39 Å². The molecule has 1 aromatic heterocycles. The molecule has 17 heavy (non-hydrogen) atoms. The number of nitrogens with two attached hydrogens (primary N) is 1. The first-order chi connectivity index (χ1) is 8.08. The summed E-state index contributed by atoms with van der Waals surface area (Å²) in [4.78, 5) is 4.08. The molecule has 4 heteroatoms. The molecule has 0 spiro atoms. The quantitative estimate of drug-likeness (QED) is 0.889. The van der Waals surface area contributed by atoms with E-state index in [1.54, 1.807) is 24.5 Å². The van der Waals surface area contributed by atoms with Gasteiger partial charge >= 0.3 is 0 Å². The van der Waals surface area contributed by atoms with E-state index >= 15 is 0 Å². The average Bonchev–Trinajstić information content (AvgIpc) is 2.32. The van der Waals surface area contributed by atoms with Crippen molar-refractivity contribution in [2.75, 3.05) is 0 Å². The molecule has 0 saturated carbocycles. The van der Waals surface area contributed by atoms with Crippen LogP contribution < -0.4 is 5.73 Å². The summed E-state index contributed by atoms with van der Waals surface area (Å²) >= 11 is 5.73. The fourth-order valence-corrected chi connectivity index (χ4v) is 1.84. The summed E-state index contributed by atoms with van der Waals surface area (Å²) in [5.74, 6) is -0.440. The maximum Gasteiger partial charge on any atom is 0.141 e. The van der Waals surface area contributed by atoms with Crippen molar-refractivity contribution in [1.82, 2.24) is 4.98 Å². The van der Waals surface area contributed by atoms with Gasteiger partial charge in [0, 0.05) is 12.4 Å². The highest BCUT2D eigenvalue weighted by Gasteiger charge is 2.11. The number of halogens is 2. The van der Waals surface area contributed by atoms with Crippen molar-refractivity contribution in [2.45, 2.75) is 13.0 Å². The topological polar surface area (TPSA) is 38.9 Å². The van der Waals surface area contributed by atoms with E-state index in [4.69, 9.17) is 17.3 Å². The van der Waals surface area contributed by atoms with Gasteiger partial charge < -0.3 is 5.73 Å². The predicted octanol–water partition coefficient (Wildman–Crippen LogP) is 3.23. The molecule has 1 aromatic carbocycles. The fourth-order valence-electron chi connectivity index (χ4n) is 1.65. The van der Waals surface area contributed by atoms with Crippen LogP contribution >= 0.6 is 11.6 Å². The number of benzene rings is 1. The molecule has 1 heterocycles. The Bertz CT molecular complexity index is 543. The van der Waals surface area contributed by atoms with Gasteiger partial charge in [-0.3, -0.25) is 4.98 Å². The zero-order valence-corrected chi connectivity index (χ0v) is 10.1. The first-order valence-corrected chi connectivity index (χ1v) is 5.58. The van der Waals surface area contributed by atoms with Gasteiger partial charge in [0.05, 0.1) is 11.1 Å². The van der Waals surface area contributed by atoms with Crippen LogP contribution in [0.4, 0.5) is 4.39 Å². The molecule has 0 bridgehead atoms. The average molecular weight is 251 g/mol. The van der Waals surface area contributed by atoms with Crippen molar-refractivity contribution in [3.8, 4) is 0 Å². The van der Waals surface area contributed by atoms with E-state index in [2.05, 4.69) is 4.98 Å². The molecule has 0 aliphatic carbocycles. The van der Waals surface area contributed by atoms with Crippen molar-refractivity contribution in [3.05, 3.63) is 64.2 Å². The second-order valence-electron chi connectivity index (χ2n) is 3.95. The minimum Gasteiger partial charge on any atom is -0.320 e. The third kappa shape index (κ3) is 2.62. The predicted molar refractivity (Wildman–Crippen MR) is 66.4 cm³/mol. The summed E-state index contributed by atoms with van der Waals surface area (Å²) < 4.78 is 13.0. The van der Waals surface area contributed by atoms with Gasteiger partial charge in [-0.1, -0.05) is 23.7 Å². The SMILES string of the molecule is Cc1cncc(C(N)c2ccc(F)c(Cl)c2)c1. The minimum absolute atomic E-state index is 0.0820. The maximum atomic E-state index is 13.0. The van der Waals surface area contributed by atoms with Crippen LogP contribution in [0.25, 0.3) is 0 Å². The van der Waals surface area contributed by atoms with Crippen molar-refractivity contribution in [3.63, 3.8) is 0 Å². The van der Waals surface area contributed by atoms with Gasteiger partial charge in [-0.2, -0.15) is 0 Å². The Labute approximate surface area is 104 Å². The summed E-state index contributed by atoms with van der Waals surface area (Å²) in [5.41, 5.74) is 8.77. The summed E-state index contributed by atoms with van der Waals surface area (Å²) in [6.07, 6.45) is 3.46. The molecule has 88 valence electrons. The van der Waals surface area contributed by atoms with Crippen LogP contribution in [-0.2, 0) is 0 Å². The van der Waals surface area contributed by atoms with Crippen molar-refractivity contribution >= 4 is 11.6 Å². The van der Waals surface area contributed by atoms with Crippen LogP contribution in [-0.4, -0.2) is 4.98 Å². The smallest absolute Gasteiger partial charge is 0.141 e. The molecule has 0 aliphatic rings. The molecule has 2 aromatic rings. The van der Waals surface area contributed by atoms with E-state index in [9.17, 15) is 4.39 Å². The molecule has 2 N–H and O–H groups in total. The second kappa shape index (κ2) is 4.82. The van der Waals surface area contributed by atoms with E-state index in [0.29, 0.717) is 0 Å². The van der Waals surface area contributed by atoms with Gasteiger partial charge in [-0.15, -0.1) is 0 Å². The molecular formula is C13H12ClFN2. The molecule has 0 fully saturated rings. The molecule has 0 amide bonds. The van der Waals surface area contributed by atoms with Gasteiger partial charge in [0.1, 0.15) is 5.82 Å². The van der Waals surface area contributed by atoms with E-state index in [0.717, 1.165) is 16.7 Å². The molecule has 0 saturated heterocycles. The molecule has 1 atom stereocenters. The first-order valence-electron chi connectivity index (χ1n) is 5.20. The Morgan fingerprint density at radius 1 is 1.24 bits per heavy atom. The highest BCUT2D eigenvalue weighted by molar-refractivity contribution is 6.30. The van der Waals surface area contributed by atoms with Crippen LogP contribution in [0.3, 0.4) is 0 Å². The summed E-state index contributed by atoms with van der Waals surface area (Å²) in [6, 6.07) is 6.11. The Morgan fingerprint density at radius 3 is 2.65 bits per heavy atom. The van der Waals surface area contributed by atoms with Crippen molar-refractivity contribution in [2.24, 2.45) is 5.73 Å². The zero-order chi connectivity index (χ0) is 12.4. The summed E-state index contributed by atoms with van der Waals surface area (Å²) in [5, 5.41) is 0.0820. The lowest BCUT2D eigenvalue weighted by atomic mass is 10.0. The minimum atomic E-state index is -0.440. The third-order valence-electron chi connectivity index (χ3n) is 2.56. The molecule has 0 radical (unpaired) electrons. The van der Waals surface area contributed by atoms with Crippen LogP contribution in [0, 0.1) is 12.7 Å². The molecule has 0 aliphatic heterocycles. The van der Waals surface area contributed by atoms with E-state index < -0.39 is 5.82 Å². The lowest BCUT2D eigenvalue weighted by Crippen LogP contribution is -2.12. The van der Waals surface area contributed by atoms with E-state index in [1.165, 1.54) is 6.07 Å². The fraction of sp³-hybridized carbons (Fsp3) is 0.154. The van der Waals surface area contributed by atoms with Crippen molar-refractivity contribution in [1.29, 1.82) is 0 Å². The Morgan fingerprint density at radius 2 is 2.00 bits per heavy atom. The van der Waals surface area contributed by atoms with Crippen LogP contribution in [0.1, 0.15) is 22.7 Å².